The summed E-state index contributed by atoms with van der Waals surface area (Å²) in [5.41, 5.74) is 1.36. The number of anilines is 1. The minimum atomic E-state index is -0.0946. The molecule has 1 aliphatic heterocycles. The van der Waals surface area contributed by atoms with Gasteiger partial charge in [-0.15, -0.1) is 0 Å². The van der Waals surface area contributed by atoms with Gasteiger partial charge in [-0.05, 0) is 17.0 Å². The molecule has 1 saturated heterocycles. The van der Waals surface area contributed by atoms with Crippen molar-refractivity contribution in [3.8, 4) is 0 Å². The van der Waals surface area contributed by atoms with Gasteiger partial charge in [0.1, 0.15) is 5.82 Å². The smallest absolute Gasteiger partial charge is 0.128 e. The molecule has 4 heteroatoms. The fourth-order valence-electron chi connectivity index (χ4n) is 2.05. The number of ether oxygens (including phenoxy) is 1. The van der Waals surface area contributed by atoms with E-state index in [2.05, 4.69) is 42.8 Å². The first-order valence-electron chi connectivity index (χ1n) is 6.44. The van der Waals surface area contributed by atoms with E-state index < -0.39 is 0 Å². The van der Waals surface area contributed by atoms with E-state index in [-0.39, 0.29) is 18.1 Å². The van der Waals surface area contributed by atoms with Crippen LogP contribution in [0.1, 0.15) is 26.3 Å². The largest absolute Gasteiger partial charge is 0.394 e. The van der Waals surface area contributed by atoms with Gasteiger partial charge in [-0.25, -0.2) is 4.98 Å². The number of aromatic nitrogens is 1. The Bertz CT molecular complexity index is 384. The monoisotopic (exact) mass is 250 g/mol. The molecular weight excluding hydrogens is 228 g/mol. The van der Waals surface area contributed by atoms with E-state index in [4.69, 9.17) is 9.84 Å². The zero-order chi connectivity index (χ0) is 13.2. The van der Waals surface area contributed by atoms with Gasteiger partial charge in [0.2, 0.25) is 0 Å². The normalized spacial score (nSPS) is 21.1. The van der Waals surface area contributed by atoms with Crippen LogP contribution in [0.25, 0.3) is 0 Å². The van der Waals surface area contributed by atoms with E-state index >= 15 is 0 Å². The maximum absolute atomic E-state index is 9.13. The van der Waals surface area contributed by atoms with Crippen molar-refractivity contribution in [1.29, 1.82) is 0 Å². The van der Waals surface area contributed by atoms with Crippen LogP contribution >= 0.6 is 0 Å². The summed E-state index contributed by atoms with van der Waals surface area (Å²) >= 11 is 0. The molecule has 2 rings (SSSR count). The number of pyridine rings is 1. The van der Waals surface area contributed by atoms with Gasteiger partial charge in [0.15, 0.2) is 0 Å². The van der Waals surface area contributed by atoms with Gasteiger partial charge in [0, 0.05) is 19.3 Å². The van der Waals surface area contributed by atoms with Gasteiger partial charge in [-0.2, -0.15) is 0 Å². The number of aliphatic hydroxyl groups is 1. The van der Waals surface area contributed by atoms with Crippen LogP contribution in [-0.2, 0) is 10.2 Å². The molecule has 1 aromatic heterocycles. The molecule has 100 valence electrons. The highest BCUT2D eigenvalue weighted by atomic mass is 16.5. The molecule has 0 aromatic carbocycles. The molecule has 0 amide bonds. The Morgan fingerprint density at radius 1 is 1.44 bits per heavy atom. The highest BCUT2D eigenvalue weighted by molar-refractivity contribution is 5.41. The third kappa shape index (κ3) is 3.00. The Kier molecular flexibility index (Phi) is 3.88. The quantitative estimate of drug-likeness (QED) is 0.865. The maximum Gasteiger partial charge on any atom is 0.128 e. The van der Waals surface area contributed by atoms with Gasteiger partial charge >= 0.3 is 0 Å². The van der Waals surface area contributed by atoms with Crippen LogP contribution in [0.3, 0.4) is 0 Å². The SMILES string of the molecule is CC(C)(C)c1ccc(N2CCOC(CO)C2)nc1. The molecule has 1 atom stereocenters. The maximum atomic E-state index is 9.13. The minimum Gasteiger partial charge on any atom is -0.394 e. The van der Waals surface area contributed by atoms with E-state index in [0.29, 0.717) is 13.2 Å². The first kappa shape index (κ1) is 13.3. The molecule has 0 spiro atoms. The number of hydrogen-bond donors (Lipinski definition) is 1. The molecule has 1 fully saturated rings. The second-order valence-corrected chi connectivity index (χ2v) is 5.78. The van der Waals surface area contributed by atoms with Crippen LogP contribution in [0.5, 0.6) is 0 Å². The van der Waals surface area contributed by atoms with E-state index in [1.165, 1.54) is 5.56 Å². The molecule has 1 aliphatic rings. The zero-order valence-corrected chi connectivity index (χ0v) is 11.4. The molecule has 2 heterocycles. The predicted molar refractivity (Wildman–Crippen MR) is 72.0 cm³/mol. The molecule has 1 N–H and O–H groups in total. The second kappa shape index (κ2) is 5.24. The summed E-state index contributed by atoms with van der Waals surface area (Å²) in [5.74, 6) is 0.963. The summed E-state index contributed by atoms with van der Waals surface area (Å²) in [5, 5.41) is 9.13. The van der Waals surface area contributed by atoms with Crippen LogP contribution in [0.2, 0.25) is 0 Å². The zero-order valence-electron chi connectivity index (χ0n) is 11.4. The standard InChI is InChI=1S/C14H22N2O2/c1-14(2,3)11-4-5-13(15-8-11)16-6-7-18-12(9-16)10-17/h4-5,8,12,17H,6-7,9-10H2,1-3H3. The van der Waals surface area contributed by atoms with Crippen LogP contribution in [-0.4, -0.2) is 42.5 Å². The van der Waals surface area contributed by atoms with Crippen molar-refractivity contribution in [1.82, 2.24) is 4.98 Å². The molecule has 0 bridgehead atoms. The number of morpholine rings is 1. The predicted octanol–water partition coefficient (Wildman–Crippen LogP) is 1.58. The topological polar surface area (TPSA) is 45.6 Å². The number of rotatable bonds is 2. The molecule has 0 aliphatic carbocycles. The second-order valence-electron chi connectivity index (χ2n) is 5.78. The van der Waals surface area contributed by atoms with Crippen molar-refractivity contribution >= 4 is 5.82 Å². The van der Waals surface area contributed by atoms with Crippen LogP contribution in [0, 0.1) is 0 Å². The first-order valence-corrected chi connectivity index (χ1v) is 6.44. The van der Waals surface area contributed by atoms with E-state index in [1.807, 2.05) is 6.20 Å². The van der Waals surface area contributed by atoms with Crippen molar-refractivity contribution in [3.05, 3.63) is 23.9 Å². The van der Waals surface area contributed by atoms with E-state index in [1.54, 1.807) is 0 Å². The van der Waals surface area contributed by atoms with E-state index in [0.717, 1.165) is 12.4 Å². The lowest BCUT2D eigenvalue weighted by molar-refractivity contribution is 0.00336. The van der Waals surface area contributed by atoms with Gasteiger partial charge in [-0.1, -0.05) is 26.8 Å². The molecule has 1 aromatic rings. The summed E-state index contributed by atoms with van der Waals surface area (Å²) in [4.78, 5) is 6.69. The van der Waals surface area contributed by atoms with Crippen molar-refractivity contribution in [2.45, 2.75) is 32.3 Å². The minimum absolute atomic E-state index is 0.0660. The molecule has 1 unspecified atom stereocenters. The average Bonchev–Trinajstić information content (AvgIpc) is 2.38. The Labute approximate surface area is 109 Å². The number of hydrogen-bond acceptors (Lipinski definition) is 4. The summed E-state index contributed by atoms with van der Waals surface area (Å²) in [6.45, 7) is 8.79. The lowest BCUT2D eigenvalue weighted by Gasteiger charge is -2.33. The highest BCUT2D eigenvalue weighted by Crippen LogP contribution is 2.23. The van der Waals surface area contributed by atoms with Crippen molar-refractivity contribution < 1.29 is 9.84 Å². The highest BCUT2D eigenvalue weighted by Gasteiger charge is 2.21. The van der Waals surface area contributed by atoms with Crippen LogP contribution in [0.4, 0.5) is 5.82 Å². The van der Waals surface area contributed by atoms with Crippen molar-refractivity contribution in [2.24, 2.45) is 0 Å². The van der Waals surface area contributed by atoms with Gasteiger partial charge in [0.05, 0.1) is 19.3 Å². The number of nitrogens with zero attached hydrogens (tertiary/aromatic N) is 2. The first-order chi connectivity index (χ1) is 8.50. The van der Waals surface area contributed by atoms with Crippen molar-refractivity contribution in [3.63, 3.8) is 0 Å². The van der Waals surface area contributed by atoms with Gasteiger partial charge < -0.3 is 14.7 Å². The molecule has 4 nitrogen and oxygen atoms in total. The Balaban J connectivity index is 2.09. The molecular formula is C14H22N2O2. The Hall–Kier alpha value is -1.13. The summed E-state index contributed by atoms with van der Waals surface area (Å²) in [7, 11) is 0. The summed E-state index contributed by atoms with van der Waals surface area (Å²) in [6.07, 6.45) is 1.85. The Morgan fingerprint density at radius 2 is 2.22 bits per heavy atom. The summed E-state index contributed by atoms with van der Waals surface area (Å²) < 4.78 is 5.44. The number of aliphatic hydroxyl groups excluding tert-OH is 1. The fourth-order valence-corrected chi connectivity index (χ4v) is 2.05. The van der Waals surface area contributed by atoms with E-state index in [9.17, 15) is 0 Å². The van der Waals surface area contributed by atoms with Crippen LogP contribution < -0.4 is 4.90 Å². The lowest BCUT2D eigenvalue weighted by Crippen LogP contribution is -2.44. The third-order valence-corrected chi connectivity index (χ3v) is 3.28. The van der Waals surface area contributed by atoms with Crippen LogP contribution in [0.15, 0.2) is 18.3 Å². The molecule has 0 saturated carbocycles. The average molecular weight is 250 g/mol. The summed E-state index contributed by atoms with van der Waals surface area (Å²) in [6, 6.07) is 4.19. The van der Waals surface area contributed by atoms with Crippen molar-refractivity contribution in [2.75, 3.05) is 31.2 Å². The molecule has 18 heavy (non-hydrogen) atoms. The molecule has 0 radical (unpaired) electrons. The fraction of sp³-hybridized carbons (Fsp3) is 0.643. The van der Waals surface area contributed by atoms with Gasteiger partial charge in [-0.3, -0.25) is 0 Å². The Morgan fingerprint density at radius 3 is 2.78 bits per heavy atom. The lowest BCUT2D eigenvalue weighted by atomic mass is 9.88. The van der Waals surface area contributed by atoms with Gasteiger partial charge in [0.25, 0.3) is 0 Å². The third-order valence-electron chi connectivity index (χ3n) is 3.28.